The monoisotopic (exact) mass is 376 g/mol. The van der Waals surface area contributed by atoms with E-state index >= 15 is 0 Å². The molecule has 7 heteroatoms. The van der Waals surface area contributed by atoms with Gasteiger partial charge in [-0.05, 0) is 41.3 Å². The lowest BCUT2D eigenvalue weighted by Crippen LogP contribution is -2.10. The van der Waals surface area contributed by atoms with Gasteiger partial charge in [-0.1, -0.05) is 37.3 Å². The van der Waals surface area contributed by atoms with E-state index in [1.807, 2.05) is 36.4 Å². The second-order valence-electron chi connectivity index (χ2n) is 7.04. The Hall–Kier alpha value is -3.48. The SMILES string of the molecule is COc1ccc(Cn2nnc3c(=O)[nH]c4cc(C(C)C)ccc4c(=O)c32)cc1. The van der Waals surface area contributed by atoms with Gasteiger partial charge in [0.25, 0.3) is 5.56 Å². The lowest BCUT2D eigenvalue weighted by atomic mass is 10.0. The highest BCUT2D eigenvalue weighted by Gasteiger charge is 2.15. The Labute approximate surface area is 160 Å². The number of rotatable bonds is 4. The van der Waals surface area contributed by atoms with Crippen molar-refractivity contribution in [1.82, 2.24) is 20.0 Å². The first kappa shape index (κ1) is 17.9. The number of nitrogens with one attached hydrogen (secondary N) is 1. The van der Waals surface area contributed by atoms with E-state index in [0.29, 0.717) is 17.4 Å². The third-order valence-electron chi connectivity index (χ3n) is 4.86. The molecule has 0 bridgehead atoms. The number of ether oxygens (including phenoxy) is 1. The molecule has 142 valence electrons. The summed E-state index contributed by atoms with van der Waals surface area (Å²) in [5, 5.41) is 8.46. The van der Waals surface area contributed by atoms with Crippen LogP contribution < -0.4 is 15.7 Å². The van der Waals surface area contributed by atoms with Gasteiger partial charge in [0.2, 0.25) is 5.43 Å². The van der Waals surface area contributed by atoms with Crippen LogP contribution in [0.1, 0.15) is 30.9 Å². The summed E-state index contributed by atoms with van der Waals surface area (Å²) in [6.07, 6.45) is 0. The quantitative estimate of drug-likeness (QED) is 0.591. The molecule has 2 aromatic carbocycles. The highest BCUT2D eigenvalue weighted by atomic mass is 16.5. The molecule has 0 unspecified atom stereocenters. The summed E-state index contributed by atoms with van der Waals surface area (Å²) in [5.41, 5.74) is 2.02. The Morgan fingerprint density at radius 3 is 2.54 bits per heavy atom. The molecule has 0 saturated heterocycles. The van der Waals surface area contributed by atoms with Crippen molar-refractivity contribution < 1.29 is 4.74 Å². The second-order valence-corrected chi connectivity index (χ2v) is 7.04. The first-order chi connectivity index (χ1) is 13.5. The van der Waals surface area contributed by atoms with Crippen LogP contribution in [0.15, 0.2) is 52.1 Å². The Morgan fingerprint density at radius 2 is 1.86 bits per heavy atom. The zero-order valence-electron chi connectivity index (χ0n) is 15.9. The van der Waals surface area contributed by atoms with Crippen LogP contribution in [0.25, 0.3) is 21.9 Å². The normalized spacial score (nSPS) is 11.4. The third-order valence-corrected chi connectivity index (χ3v) is 4.86. The first-order valence-corrected chi connectivity index (χ1v) is 9.04. The van der Waals surface area contributed by atoms with E-state index in [1.165, 1.54) is 4.68 Å². The van der Waals surface area contributed by atoms with E-state index in [1.54, 1.807) is 13.2 Å². The summed E-state index contributed by atoms with van der Waals surface area (Å²) in [4.78, 5) is 28.7. The van der Waals surface area contributed by atoms with Gasteiger partial charge in [-0.25, -0.2) is 4.68 Å². The van der Waals surface area contributed by atoms with Crippen molar-refractivity contribution in [2.45, 2.75) is 26.3 Å². The maximum Gasteiger partial charge on any atom is 0.278 e. The smallest absolute Gasteiger partial charge is 0.278 e. The van der Waals surface area contributed by atoms with Crippen molar-refractivity contribution in [1.29, 1.82) is 0 Å². The number of H-pyrrole nitrogens is 1. The number of aromatic amines is 1. The van der Waals surface area contributed by atoms with E-state index in [-0.39, 0.29) is 22.4 Å². The van der Waals surface area contributed by atoms with Gasteiger partial charge in [-0.2, -0.15) is 0 Å². The molecule has 0 spiro atoms. The van der Waals surface area contributed by atoms with Crippen LogP contribution in [-0.4, -0.2) is 27.1 Å². The molecule has 2 heterocycles. The lowest BCUT2D eigenvalue weighted by molar-refractivity contribution is 0.414. The summed E-state index contributed by atoms with van der Waals surface area (Å²) in [5.74, 6) is 1.03. The van der Waals surface area contributed by atoms with Crippen molar-refractivity contribution in [3.8, 4) is 5.75 Å². The first-order valence-electron chi connectivity index (χ1n) is 9.04. The minimum absolute atomic E-state index is 0.0424. The summed E-state index contributed by atoms with van der Waals surface area (Å²) in [6, 6.07) is 13.0. The molecule has 1 N–H and O–H groups in total. The molecule has 4 rings (SSSR count). The predicted molar refractivity (Wildman–Crippen MR) is 108 cm³/mol. The Bertz CT molecular complexity index is 1290. The van der Waals surface area contributed by atoms with E-state index < -0.39 is 5.56 Å². The van der Waals surface area contributed by atoms with Crippen LogP contribution in [0.2, 0.25) is 0 Å². The van der Waals surface area contributed by atoms with Crippen molar-refractivity contribution in [2.24, 2.45) is 0 Å². The molecular formula is C21H20N4O3. The molecule has 0 fully saturated rings. The van der Waals surface area contributed by atoms with Crippen molar-refractivity contribution in [3.63, 3.8) is 0 Å². The lowest BCUT2D eigenvalue weighted by Gasteiger charge is -2.05. The van der Waals surface area contributed by atoms with Gasteiger partial charge in [0, 0.05) is 5.39 Å². The molecule has 28 heavy (non-hydrogen) atoms. The largest absolute Gasteiger partial charge is 0.497 e. The van der Waals surface area contributed by atoms with Gasteiger partial charge >= 0.3 is 0 Å². The van der Waals surface area contributed by atoms with Gasteiger partial charge in [-0.15, -0.1) is 5.10 Å². The summed E-state index contributed by atoms with van der Waals surface area (Å²) in [7, 11) is 1.60. The number of fused-ring (bicyclic) bond motifs is 2. The number of hydrogen-bond donors (Lipinski definition) is 1. The minimum Gasteiger partial charge on any atom is -0.497 e. The number of aromatic nitrogens is 4. The zero-order chi connectivity index (χ0) is 19.8. The van der Waals surface area contributed by atoms with Gasteiger partial charge in [0.05, 0.1) is 19.2 Å². The Morgan fingerprint density at radius 1 is 1.11 bits per heavy atom. The number of nitrogens with zero attached hydrogens (tertiary/aromatic N) is 3. The van der Waals surface area contributed by atoms with Crippen molar-refractivity contribution in [2.75, 3.05) is 7.11 Å². The second kappa shape index (κ2) is 6.92. The molecule has 0 aliphatic rings. The van der Waals surface area contributed by atoms with E-state index in [2.05, 4.69) is 29.1 Å². The van der Waals surface area contributed by atoms with Crippen LogP contribution in [-0.2, 0) is 6.54 Å². The third kappa shape index (κ3) is 3.05. The van der Waals surface area contributed by atoms with Gasteiger partial charge in [-0.3, -0.25) is 9.59 Å². The topological polar surface area (TPSA) is 89.9 Å². The van der Waals surface area contributed by atoms with Crippen molar-refractivity contribution in [3.05, 3.63) is 74.2 Å². The fourth-order valence-electron chi connectivity index (χ4n) is 3.24. The van der Waals surface area contributed by atoms with Crippen LogP contribution in [0.5, 0.6) is 5.75 Å². The van der Waals surface area contributed by atoms with Gasteiger partial charge in [0.15, 0.2) is 5.52 Å². The zero-order valence-corrected chi connectivity index (χ0v) is 15.9. The fraction of sp³-hybridized carbons (Fsp3) is 0.238. The van der Waals surface area contributed by atoms with Gasteiger partial charge in [0.1, 0.15) is 11.3 Å². The van der Waals surface area contributed by atoms with Crippen LogP contribution >= 0.6 is 0 Å². The Balaban J connectivity index is 1.93. The molecule has 0 amide bonds. The highest BCUT2D eigenvalue weighted by Crippen LogP contribution is 2.19. The number of benzene rings is 2. The molecule has 2 aromatic heterocycles. The number of hydrogen-bond acceptors (Lipinski definition) is 5. The fourth-order valence-corrected chi connectivity index (χ4v) is 3.24. The standard InChI is InChI=1S/C21H20N4O3/c1-12(2)14-6-9-16-17(10-14)22-21(27)18-19(20(16)26)25(24-23-18)11-13-4-7-15(28-3)8-5-13/h4-10,12H,11H2,1-3H3,(H,22,27). The summed E-state index contributed by atoms with van der Waals surface area (Å²) >= 11 is 0. The molecule has 0 aliphatic carbocycles. The van der Waals surface area contributed by atoms with Gasteiger partial charge < -0.3 is 9.72 Å². The minimum atomic E-state index is -0.427. The molecule has 4 aromatic rings. The summed E-state index contributed by atoms with van der Waals surface area (Å²) in [6.45, 7) is 4.45. The average molecular weight is 376 g/mol. The maximum absolute atomic E-state index is 13.2. The van der Waals surface area contributed by atoms with E-state index in [9.17, 15) is 9.59 Å². The molecule has 0 radical (unpaired) electrons. The Kier molecular flexibility index (Phi) is 4.43. The maximum atomic E-state index is 13.2. The van der Waals surface area contributed by atoms with E-state index in [4.69, 9.17) is 4.74 Å². The molecular weight excluding hydrogens is 356 g/mol. The van der Waals surface area contributed by atoms with Crippen molar-refractivity contribution >= 4 is 21.9 Å². The predicted octanol–water partition coefficient (Wildman–Crippen LogP) is 2.81. The van der Waals surface area contributed by atoms with Crippen LogP contribution in [0.3, 0.4) is 0 Å². The summed E-state index contributed by atoms with van der Waals surface area (Å²) < 4.78 is 6.64. The average Bonchev–Trinajstić information content (AvgIpc) is 3.07. The molecule has 7 nitrogen and oxygen atoms in total. The molecule has 0 atom stereocenters. The molecule has 0 saturated carbocycles. The van der Waals surface area contributed by atoms with Crippen LogP contribution in [0, 0.1) is 0 Å². The molecule has 0 aliphatic heterocycles. The number of methoxy groups -OCH3 is 1. The van der Waals surface area contributed by atoms with E-state index in [0.717, 1.165) is 16.9 Å². The highest BCUT2D eigenvalue weighted by molar-refractivity contribution is 5.87. The van der Waals surface area contributed by atoms with Crippen LogP contribution in [0.4, 0.5) is 0 Å².